The molecule has 0 radical (unpaired) electrons. The summed E-state index contributed by atoms with van der Waals surface area (Å²) in [5.41, 5.74) is 0. The zero-order valence-electron chi connectivity index (χ0n) is 6.49. The molecule has 2 atom stereocenters. The van der Waals surface area contributed by atoms with Gasteiger partial charge in [-0.3, -0.25) is 4.79 Å². The van der Waals surface area contributed by atoms with E-state index < -0.39 is 5.97 Å². The van der Waals surface area contributed by atoms with Crippen LogP contribution in [0.1, 0.15) is 6.42 Å². The minimum atomic E-state index is -0.887. The second-order valence-electron chi connectivity index (χ2n) is 2.98. The van der Waals surface area contributed by atoms with E-state index in [9.17, 15) is 4.79 Å². The van der Waals surface area contributed by atoms with Crippen LogP contribution in [-0.4, -0.2) is 42.2 Å². The van der Waals surface area contributed by atoms with Gasteiger partial charge in [0.25, 0.3) is 0 Å². The minimum Gasteiger partial charge on any atom is -0.481 e. The average Bonchev–Trinajstić information content (AvgIpc) is 2.43. The predicted octanol–water partition coefficient (Wildman–Crippen LogP) is -0.770. The van der Waals surface area contributed by atoms with Crippen molar-refractivity contribution in [3.63, 3.8) is 0 Å². The minimum absolute atomic E-state index is 0.0688. The molecule has 0 aromatic rings. The van der Waals surface area contributed by atoms with Crippen molar-refractivity contribution in [1.29, 1.82) is 0 Å². The molecule has 2 aliphatic rings. The van der Waals surface area contributed by atoms with Gasteiger partial charge in [0.1, 0.15) is 18.6 Å². The summed E-state index contributed by atoms with van der Waals surface area (Å²) in [7, 11) is 0. The molecule has 0 aliphatic carbocycles. The van der Waals surface area contributed by atoms with Gasteiger partial charge in [-0.2, -0.15) is 0 Å². The van der Waals surface area contributed by atoms with Crippen molar-refractivity contribution in [2.75, 3.05) is 13.1 Å². The van der Waals surface area contributed by atoms with Crippen LogP contribution in [0.4, 0.5) is 0 Å². The standard InChI is InChI=1S/C7H10N2O3/c10-7(11)1-6-9-4-2-8-3-5(4)12-6/h4-5,8H,1-3H2,(H,10,11). The maximum atomic E-state index is 10.3. The van der Waals surface area contributed by atoms with Crippen LogP contribution in [0, 0.1) is 0 Å². The van der Waals surface area contributed by atoms with Gasteiger partial charge >= 0.3 is 5.97 Å². The molecule has 0 amide bonds. The highest BCUT2D eigenvalue weighted by atomic mass is 16.5. The molecule has 0 bridgehead atoms. The van der Waals surface area contributed by atoms with Gasteiger partial charge in [-0.15, -0.1) is 0 Å². The summed E-state index contributed by atoms with van der Waals surface area (Å²) >= 11 is 0. The topological polar surface area (TPSA) is 70.9 Å². The molecule has 66 valence electrons. The number of fused-ring (bicyclic) bond motifs is 1. The molecular formula is C7H10N2O3. The van der Waals surface area contributed by atoms with Gasteiger partial charge in [-0.1, -0.05) is 0 Å². The van der Waals surface area contributed by atoms with E-state index in [1.165, 1.54) is 0 Å². The molecule has 5 nitrogen and oxygen atoms in total. The maximum absolute atomic E-state index is 10.3. The number of aliphatic carboxylic acids is 1. The first-order valence-corrected chi connectivity index (χ1v) is 3.91. The zero-order chi connectivity index (χ0) is 8.55. The lowest BCUT2D eigenvalue weighted by molar-refractivity contribution is -0.135. The van der Waals surface area contributed by atoms with Crippen LogP contribution >= 0.6 is 0 Å². The first-order valence-electron chi connectivity index (χ1n) is 3.91. The molecule has 2 unspecified atom stereocenters. The molecule has 2 N–H and O–H groups in total. The van der Waals surface area contributed by atoms with Crippen LogP contribution in [-0.2, 0) is 9.53 Å². The summed E-state index contributed by atoms with van der Waals surface area (Å²) in [6, 6.07) is 0.138. The monoisotopic (exact) mass is 170 g/mol. The fourth-order valence-corrected chi connectivity index (χ4v) is 1.50. The van der Waals surface area contributed by atoms with Gasteiger partial charge in [0.2, 0.25) is 0 Å². The van der Waals surface area contributed by atoms with Crippen LogP contribution in [0.15, 0.2) is 4.99 Å². The maximum Gasteiger partial charge on any atom is 0.312 e. The third-order valence-corrected chi connectivity index (χ3v) is 2.03. The highest BCUT2D eigenvalue weighted by Gasteiger charge is 2.35. The lowest BCUT2D eigenvalue weighted by atomic mass is 10.2. The van der Waals surface area contributed by atoms with Gasteiger partial charge in [0, 0.05) is 13.1 Å². The number of rotatable bonds is 2. The van der Waals surface area contributed by atoms with E-state index in [2.05, 4.69) is 10.3 Å². The van der Waals surface area contributed by atoms with E-state index in [0.29, 0.717) is 5.90 Å². The van der Waals surface area contributed by atoms with Crippen molar-refractivity contribution in [3.8, 4) is 0 Å². The normalized spacial score (nSPS) is 32.5. The molecule has 12 heavy (non-hydrogen) atoms. The van der Waals surface area contributed by atoms with Crippen molar-refractivity contribution in [3.05, 3.63) is 0 Å². The summed E-state index contributed by atoms with van der Waals surface area (Å²) in [5.74, 6) is -0.513. The van der Waals surface area contributed by atoms with E-state index in [0.717, 1.165) is 13.1 Å². The lowest BCUT2D eigenvalue weighted by Gasteiger charge is -2.05. The van der Waals surface area contributed by atoms with Crippen LogP contribution in [0.2, 0.25) is 0 Å². The first kappa shape index (κ1) is 7.54. The SMILES string of the molecule is O=C(O)CC1=NC2CNCC2O1. The fourth-order valence-electron chi connectivity index (χ4n) is 1.50. The van der Waals surface area contributed by atoms with Gasteiger partial charge in [0.15, 0.2) is 5.90 Å². The predicted molar refractivity (Wildman–Crippen MR) is 41.2 cm³/mol. The molecule has 0 aromatic carbocycles. The molecule has 0 spiro atoms. The Balaban J connectivity index is 1.98. The largest absolute Gasteiger partial charge is 0.481 e. The van der Waals surface area contributed by atoms with Crippen LogP contribution < -0.4 is 5.32 Å². The molecule has 2 rings (SSSR count). The number of ether oxygens (including phenoxy) is 1. The summed E-state index contributed by atoms with van der Waals surface area (Å²) in [6.07, 6.45) is -0.0214. The third kappa shape index (κ3) is 1.27. The smallest absolute Gasteiger partial charge is 0.312 e. The Morgan fingerprint density at radius 3 is 3.25 bits per heavy atom. The van der Waals surface area contributed by atoms with Gasteiger partial charge in [0.05, 0.1) is 0 Å². The molecule has 2 heterocycles. The molecule has 1 fully saturated rings. The van der Waals surface area contributed by atoms with Crippen LogP contribution in [0.3, 0.4) is 0 Å². The summed E-state index contributed by atoms with van der Waals surface area (Å²) in [4.78, 5) is 14.4. The molecule has 0 saturated carbocycles. The quantitative estimate of drug-likeness (QED) is 0.571. The third-order valence-electron chi connectivity index (χ3n) is 2.03. The van der Waals surface area contributed by atoms with Crippen LogP contribution in [0.25, 0.3) is 0 Å². The summed E-state index contributed by atoms with van der Waals surface area (Å²) < 4.78 is 5.30. The van der Waals surface area contributed by atoms with E-state index >= 15 is 0 Å². The number of carboxylic acids is 1. The van der Waals surface area contributed by atoms with Gasteiger partial charge < -0.3 is 15.2 Å². The Bertz CT molecular complexity index is 239. The van der Waals surface area contributed by atoms with Crippen molar-refractivity contribution < 1.29 is 14.6 Å². The second-order valence-corrected chi connectivity index (χ2v) is 2.98. The number of aliphatic imine (C=N–C) groups is 1. The number of hydrogen-bond donors (Lipinski definition) is 2. The molecule has 0 aromatic heterocycles. The molecule has 5 heteroatoms. The Morgan fingerprint density at radius 2 is 2.58 bits per heavy atom. The Labute approximate surface area is 69.4 Å². The zero-order valence-corrected chi connectivity index (χ0v) is 6.49. The van der Waals surface area contributed by atoms with Crippen molar-refractivity contribution >= 4 is 11.9 Å². The Hall–Kier alpha value is -1.10. The van der Waals surface area contributed by atoms with Crippen LogP contribution in [0.5, 0.6) is 0 Å². The summed E-state index contributed by atoms with van der Waals surface area (Å²) in [6.45, 7) is 1.57. The average molecular weight is 170 g/mol. The fraction of sp³-hybridized carbons (Fsp3) is 0.714. The van der Waals surface area contributed by atoms with E-state index in [4.69, 9.17) is 9.84 Å². The Kier molecular flexibility index (Phi) is 1.73. The highest BCUT2D eigenvalue weighted by Crippen LogP contribution is 2.17. The van der Waals surface area contributed by atoms with E-state index in [1.807, 2.05) is 0 Å². The van der Waals surface area contributed by atoms with Crippen molar-refractivity contribution in [1.82, 2.24) is 5.32 Å². The highest BCUT2D eigenvalue weighted by molar-refractivity contribution is 5.94. The Morgan fingerprint density at radius 1 is 1.75 bits per heavy atom. The molecule has 2 aliphatic heterocycles. The van der Waals surface area contributed by atoms with Gasteiger partial charge in [-0.25, -0.2) is 4.99 Å². The van der Waals surface area contributed by atoms with E-state index in [-0.39, 0.29) is 18.6 Å². The van der Waals surface area contributed by atoms with Gasteiger partial charge in [-0.05, 0) is 0 Å². The number of nitrogens with one attached hydrogen (secondary N) is 1. The van der Waals surface area contributed by atoms with E-state index in [1.54, 1.807) is 0 Å². The number of hydrogen-bond acceptors (Lipinski definition) is 4. The number of carboxylic acid groups (broad SMARTS) is 1. The second kappa shape index (κ2) is 2.75. The first-order chi connectivity index (χ1) is 5.75. The number of nitrogens with zero attached hydrogens (tertiary/aromatic N) is 1. The molecular weight excluding hydrogens is 160 g/mol. The molecule has 1 saturated heterocycles. The van der Waals surface area contributed by atoms with Crippen molar-refractivity contribution in [2.45, 2.75) is 18.6 Å². The summed E-state index contributed by atoms with van der Waals surface area (Å²) in [5, 5.41) is 11.6. The lowest BCUT2D eigenvalue weighted by Crippen LogP contribution is -2.21. The van der Waals surface area contributed by atoms with Crippen molar-refractivity contribution in [2.24, 2.45) is 4.99 Å². The number of carbonyl (C=O) groups is 1.